The molecule has 7 heteroatoms. The Balaban J connectivity index is 1.97. The highest BCUT2D eigenvalue weighted by Gasteiger charge is 2.11. The van der Waals surface area contributed by atoms with Crippen molar-refractivity contribution in [3.05, 3.63) is 63.0 Å². The monoisotopic (exact) mass is 455 g/mol. The van der Waals surface area contributed by atoms with Crippen LogP contribution in [0.25, 0.3) is 0 Å². The third kappa shape index (κ3) is 6.09. The lowest BCUT2D eigenvalue weighted by molar-refractivity contribution is -0.116. The van der Waals surface area contributed by atoms with Gasteiger partial charge < -0.3 is 15.5 Å². The number of rotatable bonds is 6. The van der Waals surface area contributed by atoms with Crippen LogP contribution in [0.2, 0.25) is 0 Å². The number of amides is 2. The molecule has 0 aliphatic rings. The van der Waals surface area contributed by atoms with E-state index in [0.717, 1.165) is 5.56 Å². The highest BCUT2D eigenvalue weighted by Crippen LogP contribution is 2.15. The van der Waals surface area contributed by atoms with Crippen LogP contribution in [0.4, 0.5) is 10.1 Å². The van der Waals surface area contributed by atoms with Crippen molar-refractivity contribution < 1.29 is 14.0 Å². The molecule has 0 atom stereocenters. The largest absolute Gasteiger partial charge is 0.348 e. The van der Waals surface area contributed by atoms with Crippen molar-refractivity contribution >= 4 is 40.1 Å². The summed E-state index contributed by atoms with van der Waals surface area (Å²) in [5.41, 5.74) is 1.96. The van der Waals surface area contributed by atoms with Crippen molar-refractivity contribution in [2.45, 2.75) is 6.54 Å². The van der Waals surface area contributed by atoms with E-state index < -0.39 is 0 Å². The van der Waals surface area contributed by atoms with Gasteiger partial charge in [-0.2, -0.15) is 0 Å². The van der Waals surface area contributed by atoms with Gasteiger partial charge in [-0.05, 0) is 72.6 Å². The number of nitrogens with zero attached hydrogens (tertiary/aromatic N) is 1. The third-order valence-corrected chi connectivity index (χ3v) is 4.19. The molecule has 0 saturated carbocycles. The zero-order valence-corrected chi connectivity index (χ0v) is 16.1. The zero-order chi connectivity index (χ0) is 18.4. The molecule has 0 aliphatic heterocycles. The fourth-order valence-electron chi connectivity index (χ4n) is 2.20. The first-order valence-electron chi connectivity index (χ1n) is 7.62. The van der Waals surface area contributed by atoms with Gasteiger partial charge in [0.1, 0.15) is 5.82 Å². The van der Waals surface area contributed by atoms with Crippen molar-refractivity contribution in [1.82, 2.24) is 10.2 Å². The minimum absolute atomic E-state index is 0.105. The maximum atomic E-state index is 13.1. The fourth-order valence-corrected chi connectivity index (χ4v) is 2.92. The third-order valence-electron chi connectivity index (χ3n) is 3.30. The topological polar surface area (TPSA) is 61.4 Å². The Morgan fingerprint density at radius 3 is 2.60 bits per heavy atom. The summed E-state index contributed by atoms with van der Waals surface area (Å²) >= 11 is 1.93. The lowest BCUT2D eigenvalue weighted by Gasteiger charge is -2.11. The molecule has 2 aromatic rings. The minimum Gasteiger partial charge on any atom is -0.348 e. The Bertz CT molecular complexity index is 781. The van der Waals surface area contributed by atoms with Crippen LogP contribution in [0, 0.1) is 9.39 Å². The quantitative estimate of drug-likeness (QED) is 0.659. The molecule has 0 spiro atoms. The molecule has 0 saturated heterocycles. The number of hydrogen-bond acceptors (Lipinski definition) is 3. The standard InChI is InChI=1S/C18H19FIN3O2/c1-23(2)11-17(24)22-14-5-3-4-12(8-14)10-21-18(25)15-7-6-13(19)9-16(15)20/h3-9H,10-11H2,1-2H3,(H,21,25)(H,22,24). The van der Waals surface area contributed by atoms with Crippen molar-refractivity contribution in [2.24, 2.45) is 0 Å². The zero-order valence-electron chi connectivity index (χ0n) is 14.0. The van der Waals surface area contributed by atoms with Crippen LogP contribution in [-0.2, 0) is 11.3 Å². The molecule has 2 rings (SSSR count). The van der Waals surface area contributed by atoms with E-state index >= 15 is 0 Å². The van der Waals surface area contributed by atoms with Crippen molar-refractivity contribution in [3.63, 3.8) is 0 Å². The number of halogens is 2. The van der Waals surface area contributed by atoms with Gasteiger partial charge >= 0.3 is 0 Å². The molecule has 0 bridgehead atoms. The minimum atomic E-state index is -0.373. The molecule has 0 heterocycles. The summed E-state index contributed by atoms with van der Waals surface area (Å²) in [5.74, 6) is -0.749. The van der Waals surface area contributed by atoms with Gasteiger partial charge in [0, 0.05) is 15.8 Å². The average molecular weight is 455 g/mol. The van der Waals surface area contributed by atoms with E-state index in [-0.39, 0.29) is 17.6 Å². The van der Waals surface area contributed by atoms with Gasteiger partial charge in [-0.1, -0.05) is 12.1 Å². The van der Waals surface area contributed by atoms with Crippen molar-refractivity contribution in [1.29, 1.82) is 0 Å². The van der Waals surface area contributed by atoms with E-state index in [2.05, 4.69) is 10.6 Å². The first-order chi connectivity index (χ1) is 11.8. The normalized spacial score (nSPS) is 10.6. The predicted molar refractivity (Wildman–Crippen MR) is 104 cm³/mol. The second-order valence-corrected chi connectivity index (χ2v) is 6.96. The molecule has 2 aromatic carbocycles. The van der Waals surface area contributed by atoms with Gasteiger partial charge in [0.25, 0.3) is 5.91 Å². The number of carbonyl (C=O) groups is 2. The van der Waals surface area contributed by atoms with Crippen LogP contribution in [0.5, 0.6) is 0 Å². The Morgan fingerprint density at radius 1 is 1.16 bits per heavy atom. The molecule has 0 unspecified atom stereocenters. The second kappa shape index (κ2) is 8.91. The molecule has 2 amide bonds. The van der Waals surface area contributed by atoms with E-state index in [4.69, 9.17) is 0 Å². The predicted octanol–water partition coefficient (Wildman–Crippen LogP) is 2.86. The van der Waals surface area contributed by atoms with Crippen LogP contribution in [0.3, 0.4) is 0 Å². The van der Waals surface area contributed by atoms with Gasteiger partial charge in [0.2, 0.25) is 5.91 Å². The molecular formula is C18H19FIN3O2. The number of carbonyl (C=O) groups excluding carboxylic acids is 2. The average Bonchev–Trinajstić information content (AvgIpc) is 2.52. The molecule has 0 aliphatic carbocycles. The maximum Gasteiger partial charge on any atom is 0.252 e. The number of likely N-dealkylation sites (N-methyl/N-ethyl adjacent to an activating group) is 1. The summed E-state index contributed by atoms with van der Waals surface area (Å²) in [4.78, 5) is 25.8. The summed E-state index contributed by atoms with van der Waals surface area (Å²) in [7, 11) is 3.64. The second-order valence-electron chi connectivity index (χ2n) is 5.79. The lowest BCUT2D eigenvalue weighted by atomic mass is 10.1. The maximum absolute atomic E-state index is 13.1. The van der Waals surface area contributed by atoms with Gasteiger partial charge in [-0.25, -0.2) is 4.39 Å². The Kier molecular flexibility index (Phi) is 6.89. The number of anilines is 1. The molecule has 0 fully saturated rings. The highest BCUT2D eigenvalue weighted by molar-refractivity contribution is 14.1. The van der Waals surface area contributed by atoms with Gasteiger partial charge in [0.05, 0.1) is 12.1 Å². The lowest BCUT2D eigenvalue weighted by Crippen LogP contribution is -2.27. The van der Waals surface area contributed by atoms with E-state index in [1.165, 1.54) is 18.2 Å². The van der Waals surface area contributed by atoms with Crippen molar-refractivity contribution in [3.8, 4) is 0 Å². The number of hydrogen-bond donors (Lipinski definition) is 2. The molecule has 132 valence electrons. The van der Waals surface area contributed by atoms with Crippen LogP contribution in [0.15, 0.2) is 42.5 Å². The molecule has 2 N–H and O–H groups in total. The first-order valence-corrected chi connectivity index (χ1v) is 8.70. The van der Waals surface area contributed by atoms with Crippen LogP contribution >= 0.6 is 22.6 Å². The Labute approximate surface area is 159 Å². The summed E-state index contributed by atoms with van der Waals surface area (Å²) in [6.07, 6.45) is 0. The van der Waals surface area contributed by atoms with Crippen molar-refractivity contribution in [2.75, 3.05) is 26.0 Å². The molecular weight excluding hydrogens is 436 g/mol. The summed E-state index contributed by atoms with van der Waals surface area (Å²) in [6, 6.07) is 11.3. The highest BCUT2D eigenvalue weighted by atomic mass is 127. The van der Waals surface area contributed by atoms with Crippen LogP contribution in [-0.4, -0.2) is 37.4 Å². The van der Waals surface area contributed by atoms with Crippen LogP contribution < -0.4 is 10.6 Å². The van der Waals surface area contributed by atoms with Gasteiger partial charge in [0.15, 0.2) is 0 Å². The summed E-state index contributed by atoms with van der Waals surface area (Å²) in [5, 5.41) is 5.61. The smallest absolute Gasteiger partial charge is 0.252 e. The molecule has 0 aromatic heterocycles. The Hall–Kier alpha value is -2.00. The number of nitrogens with one attached hydrogen (secondary N) is 2. The van der Waals surface area contributed by atoms with Gasteiger partial charge in [-0.15, -0.1) is 0 Å². The molecule has 0 radical (unpaired) electrons. The Morgan fingerprint density at radius 2 is 1.92 bits per heavy atom. The number of benzene rings is 2. The summed E-state index contributed by atoms with van der Waals surface area (Å²) < 4.78 is 13.7. The summed E-state index contributed by atoms with van der Waals surface area (Å²) in [6.45, 7) is 0.605. The van der Waals surface area contributed by atoms with E-state index in [1.807, 2.05) is 54.9 Å². The van der Waals surface area contributed by atoms with E-state index in [1.54, 1.807) is 11.0 Å². The molecule has 25 heavy (non-hydrogen) atoms. The van der Waals surface area contributed by atoms with E-state index in [9.17, 15) is 14.0 Å². The molecule has 5 nitrogen and oxygen atoms in total. The van der Waals surface area contributed by atoms with Crippen LogP contribution in [0.1, 0.15) is 15.9 Å². The first kappa shape index (κ1) is 19.3. The SMILES string of the molecule is CN(C)CC(=O)Nc1cccc(CNC(=O)c2ccc(F)cc2I)c1. The fraction of sp³-hybridized carbons (Fsp3) is 0.222. The van der Waals surface area contributed by atoms with Gasteiger partial charge in [-0.3, -0.25) is 9.59 Å². The van der Waals surface area contributed by atoms with E-state index in [0.29, 0.717) is 27.9 Å².